The number of carbonyl (C=O) groups excluding carboxylic acids is 2. The van der Waals surface area contributed by atoms with Crippen LogP contribution < -0.4 is 0 Å². The molecule has 1 N–H and O–H groups in total. The van der Waals surface area contributed by atoms with Crippen LogP contribution in [0.15, 0.2) is 23.8 Å². The summed E-state index contributed by atoms with van der Waals surface area (Å²) in [6, 6.07) is 0. The summed E-state index contributed by atoms with van der Waals surface area (Å²) in [6.45, 7) is 10.6. The summed E-state index contributed by atoms with van der Waals surface area (Å²) in [6.07, 6.45) is 8.16. The third-order valence-electron chi connectivity index (χ3n) is 8.07. The fourth-order valence-corrected chi connectivity index (χ4v) is 6.09. The molecule has 0 aromatic heterocycles. The molecule has 0 aliphatic heterocycles. The zero-order valence-corrected chi connectivity index (χ0v) is 16.2. The van der Waals surface area contributed by atoms with Gasteiger partial charge in [-0.15, -0.1) is 0 Å². The molecule has 2 fully saturated rings. The summed E-state index contributed by atoms with van der Waals surface area (Å²) >= 11 is 0. The summed E-state index contributed by atoms with van der Waals surface area (Å²) in [5.74, 6) is 1.21. The molecule has 3 rings (SSSR count). The lowest BCUT2D eigenvalue weighted by molar-refractivity contribution is -0.146. The first-order chi connectivity index (χ1) is 11.6. The average Bonchev–Trinajstić information content (AvgIpc) is 2.58. The van der Waals surface area contributed by atoms with Crippen LogP contribution in [0.4, 0.5) is 0 Å². The lowest BCUT2D eigenvalue weighted by Gasteiger charge is -2.60. The first-order valence-corrected chi connectivity index (χ1v) is 9.80. The first-order valence-electron chi connectivity index (χ1n) is 9.80. The van der Waals surface area contributed by atoms with E-state index in [9.17, 15) is 14.7 Å². The normalized spacial score (nSPS) is 44.6. The molecule has 0 spiro atoms. The number of hydrogen-bond acceptors (Lipinski definition) is 3. The van der Waals surface area contributed by atoms with Gasteiger partial charge in [0.1, 0.15) is 5.78 Å². The Kier molecular flexibility index (Phi) is 4.60. The van der Waals surface area contributed by atoms with Crippen molar-refractivity contribution in [3.8, 4) is 0 Å². The number of Topliss-reactive ketones (excluding diaryl/α,β-unsaturated/α-hetero) is 1. The smallest absolute Gasteiger partial charge is 0.178 e. The minimum Gasteiger partial charge on any atom is -0.393 e. The van der Waals surface area contributed by atoms with Crippen LogP contribution in [-0.4, -0.2) is 22.8 Å². The molecule has 138 valence electrons. The maximum Gasteiger partial charge on any atom is 0.178 e. The highest BCUT2D eigenvalue weighted by Crippen LogP contribution is 2.61. The van der Waals surface area contributed by atoms with E-state index >= 15 is 0 Å². The minimum absolute atomic E-state index is 0.0312. The van der Waals surface area contributed by atoms with Crippen LogP contribution in [0.2, 0.25) is 0 Å². The Bertz CT molecular complexity index is 646. The minimum atomic E-state index is -0.440. The third-order valence-corrected chi connectivity index (χ3v) is 8.07. The van der Waals surface area contributed by atoms with Crippen molar-refractivity contribution in [3.05, 3.63) is 23.8 Å². The van der Waals surface area contributed by atoms with Crippen LogP contribution >= 0.6 is 0 Å². The monoisotopic (exact) mass is 344 g/mol. The van der Waals surface area contributed by atoms with Crippen molar-refractivity contribution in [1.82, 2.24) is 0 Å². The van der Waals surface area contributed by atoms with Crippen molar-refractivity contribution in [3.63, 3.8) is 0 Å². The number of ketones is 2. The van der Waals surface area contributed by atoms with Gasteiger partial charge in [-0.2, -0.15) is 0 Å². The van der Waals surface area contributed by atoms with E-state index in [0.717, 1.165) is 12.8 Å². The highest BCUT2D eigenvalue weighted by molar-refractivity contribution is 6.01. The van der Waals surface area contributed by atoms with Gasteiger partial charge in [0.2, 0.25) is 0 Å². The maximum atomic E-state index is 12.4. The molecule has 0 aromatic rings. The van der Waals surface area contributed by atoms with Crippen molar-refractivity contribution in [2.45, 2.75) is 66.4 Å². The molecule has 0 saturated heterocycles. The van der Waals surface area contributed by atoms with Crippen LogP contribution in [0, 0.1) is 34.5 Å². The SMILES string of the molecule is CCC(=O)C(C)[C@@]1(C)CC(O)C2[C@@H](CCC3=CC(=O)C=C[C@@]32C)C1C. The molecule has 3 nitrogen and oxygen atoms in total. The largest absolute Gasteiger partial charge is 0.393 e. The van der Waals surface area contributed by atoms with Gasteiger partial charge in [-0.05, 0) is 48.7 Å². The molecule has 0 radical (unpaired) electrons. The standard InChI is InChI=1S/C22H32O3/c1-6-18(24)14(3)22(5)12-19(25)20-17(13(22)2)8-7-15-11-16(23)9-10-21(15,20)4/h9-11,13-14,17,19-20,25H,6-8,12H2,1-5H3/t13?,14?,17-,19?,20?,21-,22-/m0/s1. The molecule has 7 atom stereocenters. The highest BCUT2D eigenvalue weighted by Gasteiger charge is 2.58. The number of hydrogen-bond donors (Lipinski definition) is 1. The fraction of sp³-hybridized carbons (Fsp3) is 0.727. The summed E-state index contributed by atoms with van der Waals surface area (Å²) in [5, 5.41) is 11.2. The molecule has 3 aliphatic rings. The van der Waals surface area contributed by atoms with E-state index in [1.165, 1.54) is 5.57 Å². The van der Waals surface area contributed by atoms with E-state index in [1.807, 2.05) is 19.9 Å². The molecular formula is C22H32O3. The number of rotatable bonds is 3. The molecule has 0 amide bonds. The quantitative estimate of drug-likeness (QED) is 0.838. The van der Waals surface area contributed by atoms with Crippen LogP contribution in [0.25, 0.3) is 0 Å². The predicted molar refractivity (Wildman–Crippen MR) is 98.9 cm³/mol. The average molecular weight is 344 g/mol. The van der Waals surface area contributed by atoms with Crippen molar-refractivity contribution in [2.75, 3.05) is 0 Å². The number of carbonyl (C=O) groups is 2. The maximum absolute atomic E-state index is 12.4. The molecular weight excluding hydrogens is 312 g/mol. The van der Waals surface area contributed by atoms with Crippen molar-refractivity contribution >= 4 is 11.6 Å². The van der Waals surface area contributed by atoms with Gasteiger partial charge in [-0.25, -0.2) is 0 Å². The molecule has 2 saturated carbocycles. The van der Waals surface area contributed by atoms with Crippen molar-refractivity contribution in [2.24, 2.45) is 34.5 Å². The van der Waals surface area contributed by atoms with Gasteiger partial charge in [0, 0.05) is 23.7 Å². The Morgan fingerprint density at radius 2 is 2.08 bits per heavy atom. The Balaban J connectivity index is 1.97. The van der Waals surface area contributed by atoms with E-state index in [4.69, 9.17) is 0 Å². The third kappa shape index (κ3) is 2.66. The lowest BCUT2D eigenvalue weighted by Crippen LogP contribution is -2.57. The van der Waals surface area contributed by atoms with E-state index in [1.54, 1.807) is 12.2 Å². The molecule has 3 heteroatoms. The van der Waals surface area contributed by atoms with E-state index in [2.05, 4.69) is 20.8 Å². The zero-order chi connectivity index (χ0) is 18.6. The molecule has 25 heavy (non-hydrogen) atoms. The molecule has 0 aromatic carbocycles. The number of fused-ring (bicyclic) bond motifs is 3. The van der Waals surface area contributed by atoms with Crippen LogP contribution in [-0.2, 0) is 9.59 Å². The Labute approximate surface area is 151 Å². The Morgan fingerprint density at radius 3 is 2.72 bits per heavy atom. The van der Waals surface area contributed by atoms with Gasteiger partial charge in [-0.1, -0.05) is 46.3 Å². The van der Waals surface area contributed by atoms with Crippen LogP contribution in [0.5, 0.6) is 0 Å². The van der Waals surface area contributed by atoms with Crippen LogP contribution in [0.3, 0.4) is 0 Å². The highest BCUT2D eigenvalue weighted by atomic mass is 16.3. The van der Waals surface area contributed by atoms with Gasteiger partial charge in [0.05, 0.1) is 6.10 Å². The van der Waals surface area contributed by atoms with E-state index < -0.39 is 6.10 Å². The van der Waals surface area contributed by atoms with Gasteiger partial charge in [-0.3, -0.25) is 9.59 Å². The van der Waals surface area contributed by atoms with Gasteiger partial charge >= 0.3 is 0 Å². The lowest BCUT2D eigenvalue weighted by atomic mass is 9.45. The summed E-state index contributed by atoms with van der Waals surface area (Å²) in [4.78, 5) is 24.2. The summed E-state index contributed by atoms with van der Waals surface area (Å²) in [5.41, 5.74) is 0.775. The molecule has 4 unspecified atom stereocenters. The van der Waals surface area contributed by atoms with E-state index in [-0.39, 0.29) is 28.4 Å². The predicted octanol–water partition coefficient (Wildman–Crippen LogP) is 4.11. The van der Waals surface area contributed by atoms with Gasteiger partial charge in [0.15, 0.2) is 5.78 Å². The van der Waals surface area contributed by atoms with Crippen molar-refractivity contribution in [1.29, 1.82) is 0 Å². The topological polar surface area (TPSA) is 54.4 Å². The second-order valence-electron chi connectivity index (χ2n) is 9.02. The van der Waals surface area contributed by atoms with E-state index in [0.29, 0.717) is 30.5 Å². The fourth-order valence-electron chi connectivity index (χ4n) is 6.09. The molecule has 0 heterocycles. The Morgan fingerprint density at radius 1 is 1.40 bits per heavy atom. The summed E-state index contributed by atoms with van der Waals surface area (Å²) in [7, 11) is 0. The van der Waals surface area contributed by atoms with Gasteiger partial charge in [0.25, 0.3) is 0 Å². The zero-order valence-electron chi connectivity index (χ0n) is 16.2. The Hall–Kier alpha value is -1.22. The molecule has 3 aliphatic carbocycles. The number of aliphatic hydroxyl groups excluding tert-OH is 1. The number of allylic oxidation sites excluding steroid dienone is 4. The second-order valence-corrected chi connectivity index (χ2v) is 9.02. The second kappa shape index (κ2) is 6.19. The summed E-state index contributed by atoms with van der Waals surface area (Å²) < 4.78 is 0. The number of aliphatic hydroxyl groups is 1. The van der Waals surface area contributed by atoms with Crippen molar-refractivity contribution < 1.29 is 14.7 Å². The first kappa shape index (κ1) is 18.6. The van der Waals surface area contributed by atoms with Crippen LogP contribution in [0.1, 0.15) is 60.3 Å². The molecule has 0 bridgehead atoms. The van der Waals surface area contributed by atoms with Gasteiger partial charge < -0.3 is 5.11 Å².